The number of aliphatic imine (C=N–C) groups is 2. The van der Waals surface area contributed by atoms with Crippen molar-refractivity contribution in [3.8, 4) is 0 Å². The minimum atomic E-state index is -1.66. The number of carbonyl (C=O) groups excluding carboxylic acids is 8. The Labute approximate surface area is 437 Å². The molecule has 7 atom stereocenters. The highest BCUT2D eigenvalue weighted by atomic mass is 19.2. The van der Waals surface area contributed by atoms with Gasteiger partial charge in [0.15, 0.2) is 23.6 Å². The summed E-state index contributed by atoms with van der Waals surface area (Å²) in [5, 5.41) is 21.9. The predicted octanol–water partition coefficient (Wildman–Crippen LogP) is -2.74. The maximum Gasteiger partial charge on any atom is 0.243 e. The van der Waals surface area contributed by atoms with Crippen LogP contribution in [0.2, 0.25) is 0 Å². The fraction of sp³-hybridized carbons (Fsp3) is 0.469. The van der Waals surface area contributed by atoms with Crippen molar-refractivity contribution in [1.82, 2.24) is 47.5 Å². The lowest BCUT2D eigenvalue weighted by Crippen LogP contribution is -2.60. The van der Waals surface area contributed by atoms with E-state index in [2.05, 4.69) is 64.1 Å². The van der Waals surface area contributed by atoms with Crippen LogP contribution in [0.3, 0.4) is 0 Å². The SMILES string of the molecule is C=C(N)[C@@H]1CCCNC(=O)CC[C@H](NC(=O)[C@H](CCCN=C(N)N)NC(C)=O)C(=O)N[C@@H](CCN)C(=O)N[C@H](Cc2ccc(F)c(F)c2)C(=O)N[C@@H](CCCN=C(N)N)C(=O)N[C@@H](Cc2c[nH]c3ccccc23)C(=O)N1. The van der Waals surface area contributed by atoms with Crippen molar-refractivity contribution in [2.24, 2.45) is 44.4 Å². The second-order valence-corrected chi connectivity index (χ2v) is 18.2. The Kier molecular flexibility index (Phi) is 23.9. The van der Waals surface area contributed by atoms with Crippen LogP contribution in [0, 0.1) is 11.6 Å². The fourth-order valence-corrected chi connectivity index (χ4v) is 8.22. The molecule has 0 bridgehead atoms. The highest BCUT2D eigenvalue weighted by Gasteiger charge is 2.34. The summed E-state index contributed by atoms with van der Waals surface area (Å²) in [7, 11) is 0. The molecule has 2 aromatic carbocycles. The van der Waals surface area contributed by atoms with Gasteiger partial charge < -0.3 is 81.9 Å². The Morgan fingerprint density at radius 3 is 2.00 bits per heavy atom. The zero-order valence-corrected chi connectivity index (χ0v) is 42.4. The fourth-order valence-electron chi connectivity index (χ4n) is 8.22. The van der Waals surface area contributed by atoms with E-state index in [4.69, 9.17) is 34.4 Å². The molecule has 1 fully saturated rings. The highest BCUT2D eigenvalue weighted by Crippen LogP contribution is 2.20. The molecule has 0 unspecified atom stereocenters. The molecule has 414 valence electrons. The first-order chi connectivity index (χ1) is 36.1. The number of H-pyrrole nitrogens is 1. The summed E-state index contributed by atoms with van der Waals surface area (Å²) in [5.74, 6) is -9.34. The monoisotopic (exact) mass is 1060 g/mol. The molecule has 1 aromatic heterocycles. The van der Waals surface area contributed by atoms with Crippen LogP contribution < -0.4 is 76.9 Å². The molecule has 0 saturated carbocycles. The Bertz CT molecular complexity index is 2600. The summed E-state index contributed by atoms with van der Waals surface area (Å²) in [6, 6.07) is 0.560. The molecule has 1 aliphatic heterocycles. The number of hydrogen-bond acceptors (Lipinski definition) is 12. The molecule has 3 aromatic rings. The molecule has 1 aliphatic rings. The van der Waals surface area contributed by atoms with E-state index < -0.39 is 108 Å². The van der Waals surface area contributed by atoms with E-state index in [-0.39, 0.29) is 114 Å². The number of halogens is 2. The van der Waals surface area contributed by atoms with Gasteiger partial charge in [-0.05, 0) is 87.2 Å². The molecule has 2 heterocycles. The molecule has 0 spiro atoms. The van der Waals surface area contributed by atoms with Crippen molar-refractivity contribution in [3.63, 3.8) is 0 Å². The number of fused-ring (bicyclic) bond motifs is 1. The van der Waals surface area contributed by atoms with Crippen LogP contribution in [0.5, 0.6) is 0 Å². The van der Waals surface area contributed by atoms with Gasteiger partial charge in [-0.25, -0.2) is 8.78 Å². The van der Waals surface area contributed by atoms with Gasteiger partial charge >= 0.3 is 0 Å². The van der Waals surface area contributed by atoms with Crippen molar-refractivity contribution >= 4 is 70.1 Å². The van der Waals surface area contributed by atoms with E-state index >= 15 is 0 Å². The Morgan fingerprint density at radius 2 is 1.36 bits per heavy atom. The molecule has 4 rings (SSSR count). The highest BCUT2D eigenvalue weighted by molar-refractivity contribution is 5.97. The van der Waals surface area contributed by atoms with Gasteiger partial charge in [0.1, 0.15) is 36.3 Å². The minimum Gasteiger partial charge on any atom is -0.401 e. The number of hydrogen-bond donors (Lipinski definition) is 15. The second kappa shape index (κ2) is 30.1. The molecular formula is C49H71F2N17O8. The van der Waals surface area contributed by atoms with Gasteiger partial charge in [-0.1, -0.05) is 30.8 Å². The van der Waals surface area contributed by atoms with Gasteiger partial charge in [-0.3, -0.25) is 48.3 Å². The Balaban J connectivity index is 1.78. The maximum absolute atomic E-state index is 14.6. The number of para-hydroxylation sites is 1. The first-order valence-corrected chi connectivity index (χ1v) is 24.8. The largest absolute Gasteiger partial charge is 0.401 e. The number of nitrogens with two attached hydrogens (primary N) is 6. The molecule has 27 heteroatoms. The predicted molar refractivity (Wildman–Crippen MR) is 280 cm³/mol. The third-order valence-corrected chi connectivity index (χ3v) is 12.1. The van der Waals surface area contributed by atoms with Gasteiger partial charge in [-0.2, -0.15) is 0 Å². The van der Waals surface area contributed by atoms with Crippen LogP contribution in [0.25, 0.3) is 10.9 Å². The number of nitrogens with one attached hydrogen (secondary N) is 9. The lowest BCUT2D eigenvalue weighted by molar-refractivity contribution is -0.135. The molecule has 21 N–H and O–H groups in total. The van der Waals surface area contributed by atoms with E-state index in [1.807, 2.05) is 18.2 Å². The summed E-state index contributed by atoms with van der Waals surface area (Å²) < 4.78 is 28.8. The Hall–Kier alpha value is -8.36. The number of amides is 8. The van der Waals surface area contributed by atoms with E-state index in [1.54, 1.807) is 12.3 Å². The van der Waals surface area contributed by atoms with Crippen molar-refractivity contribution in [3.05, 3.63) is 83.7 Å². The molecule has 8 amide bonds. The first-order valence-electron chi connectivity index (χ1n) is 24.8. The topological polar surface area (TPSA) is 429 Å². The summed E-state index contributed by atoms with van der Waals surface area (Å²) in [6.07, 6.45) is 0.854. The van der Waals surface area contributed by atoms with Gasteiger partial charge in [0.2, 0.25) is 47.3 Å². The number of aromatic amines is 1. The van der Waals surface area contributed by atoms with E-state index in [9.17, 15) is 47.1 Å². The molecular weight excluding hydrogens is 993 g/mol. The van der Waals surface area contributed by atoms with Crippen molar-refractivity contribution < 1.29 is 47.1 Å². The smallest absolute Gasteiger partial charge is 0.243 e. The normalized spacial score (nSPS) is 21.0. The standard InChI is InChI=1S/C49H71F2N17O8/c1-26(53)33-10-5-19-58-41(70)16-15-37(65-42(71)35(62-27(2)69)11-6-20-59-48(54)55)44(73)66-38(17-18-52)45(74)67-39(23-28-13-14-31(50)32(51)22-28)46(75)64-36(12-7-21-60-49(56)57)43(72)68-40(47(76)63-33)24-29-25-61-34-9-4-3-8-30(29)34/h3-4,8-9,13-14,22,25,33,35-40,61H,1,5-7,10-12,15-21,23-24,52-53H2,2H3,(H,58,70)(H,62,69)(H,63,76)(H,64,75)(H,65,71)(H,66,73)(H,67,74)(H,68,72)(H4,54,55,59)(H4,56,57,60)/t33-,35-,36-,37-,38-,39+,40-/m0/s1. The summed E-state index contributed by atoms with van der Waals surface area (Å²) in [6.45, 7) is 4.98. The zero-order valence-electron chi connectivity index (χ0n) is 42.4. The van der Waals surface area contributed by atoms with Crippen LogP contribution in [0.15, 0.2) is 70.9 Å². The van der Waals surface area contributed by atoms with Crippen LogP contribution in [-0.4, -0.2) is 133 Å². The molecule has 1 saturated heterocycles. The number of rotatable bonds is 18. The van der Waals surface area contributed by atoms with Crippen molar-refractivity contribution in [2.75, 3.05) is 26.2 Å². The quantitative estimate of drug-likeness (QED) is 0.0350. The third-order valence-electron chi connectivity index (χ3n) is 12.1. The Morgan fingerprint density at radius 1 is 0.750 bits per heavy atom. The maximum atomic E-state index is 14.6. The van der Waals surface area contributed by atoms with E-state index in [0.717, 1.165) is 23.0 Å². The number of guanidine groups is 2. The molecule has 25 nitrogen and oxygen atoms in total. The minimum absolute atomic E-state index is 0.00619. The number of aromatic nitrogens is 1. The number of benzene rings is 2. The second-order valence-electron chi connectivity index (χ2n) is 18.2. The molecule has 0 radical (unpaired) electrons. The lowest BCUT2D eigenvalue weighted by Gasteiger charge is -2.28. The number of nitrogens with zero attached hydrogens (tertiary/aromatic N) is 2. The third kappa shape index (κ3) is 19.8. The van der Waals surface area contributed by atoms with Gasteiger partial charge in [0, 0.05) is 68.6 Å². The van der Waals surface area contributed by atoms with Crippen LogP contribution in [0.4, 0.5) is 8.78 Å². The average molecular weight is 1060 g/mol. The first kappa shape index (κ1) is 60.2. The summed E-state index contributed by atoms with van der Waals surface area (Å²) in [4.78, 5) is 122. The van der Waals surface area contributed by atoms with Crippen molar-refractivity contribution in [2.45, 2.75) is 120 Å². The van der Waals surface area contributed by atoms with Gasteiger partial charge in [0.25, 0.3) is 0 Å². The van der Waals surface area contributed by atoms with Gasteiger partial charge in [0.05, 0.1) is 6.04 Å². The van der Waals surface area contributed by atoms with E-state index in [0.29, 0.717) is 5.56 Å². The van der Waals surface area contributed by atoms with Crippen molar-refractivity contribution in [1.29, 1.82) is 0 Å². The van der Waals surface area contributed by atoms with Crippen LogP contribution >= 0.6 is 0 Å². The van der Waals surface area contributed by atoms with Gasteiger partial charge in [-0.15, -0.1) is 0 Å². The molecule has 0 aliphatic carbocycles. The average Bonchev–Trinajstić information content (AvgIpc) is 3.77. The number of carbonyl (C=O) groups is 8. The summed E-state index contributed by atoms with van der Waals surface area (Å²) in [5.41, 5.74) is 35.5. The van der Waals surface area contributed by atoms with E-state index in [1.165, 1.54) is 13.0 Å². The zero-order chi connectivity index (χ0) is 55.9. The lowest BCUT2D eigenvalue weighted by atomic mass is 10.0. The van der Waals surface area contributed by atoms with Crippen LogP contribution in [0.1, 0.15) is 75.8 Å². The molecule has 76 heavy (non-hydrogen) atoms. The summed E-state index contributed by atoms with van der Waals surface area (Å²) >= 11 is 0. The van der Waals surface area contributed by atoms with Crippen LogP contribution in [-0.2, 0) is 51.2 Å².